The van der Waals surface area contributed by atoms with Crippen LogP contribution in [0.1, 0.15) is 40.2 Å². The molecule has 4 heteroatoms. The predicted molar refractivity (Wildman–Crippen MR) is 106 cm³/mol. The van der Waals surface area contributed by atoms with E-state index >= 15 is 0 Å². The first-order chi connectivity index (χ1) is 11.5. The summed E-state index contributed by atoms with van der Waals surface area (Å²) in [5, 5.41) is 0.225. The largest absolute Gasteiger partial charge is 0.411 e. The average molecular weight is 363 g/mol. The van der Waals surface area contributed by atoms with Gasteiger partial charge in [0.1, 0.15) is 11.7 Å². The third-order valence-corrected chi connectivity index (χ3v) is 9.92. The fraction of sp³-hybridized carbons (Fsp3) is 0.619. The molecule has 1 aliphatic rings. The van der Waals surface area contributed by atoms with Crippen LogP contribution in [0.5, 0.6) is 0 Å². The molecule has 0 spiro atoms. The highest BCUT2D eigenvalue weighted by Crippen LogP contribution is 2.39. The van der Waals surface area contributed by atoms with Crippen molar-refractivity contribution in [3.05, 3.63) is 48.0 Å². The minimum atomic E-state index is -1.74. The molecule has 1 aromatic carbocycles. The average Bonchev–Trinajstić information content (AvgIpc) is 3.16. The fourth-order valence-electron chi connectivity index (χ4n) is 2.48. The second-order valence-electron chi connectivity index (χ2n) is 8.73. The lowest BCUT2D eigenvalue weighted by molar-refractivity contribution is 0.104. The lowest BCUT2D eigenvalue weighted by atomic mass is 10.1. The molecule has 1 saturated heterocycles. The first kappa shape index (κ1) is 20.4. The molecular formula is C21H34O3Si. The van der Waals surface area contributed by atoms with Crippen LogP contribution in [0.25, 0.3) is 0 Å². The Morgan fingerprint density at radius 1 is 1.24 bits per heavy atom. The smallest absolute Gasteiger partial charge is 0.192 e. The summed E-state index contributed by atoms with van der Waals surface area (Å²) in [6.07, 6.45) is 4.51. The van der Waals surface area contributed by atoms with Gasteiger partial charge >= 0.3 is 0 Å². The highest BCUT2D eigenvalue weighted by Gasteiger charge is 2.50. The maximum absolute atomic E-state index is 6.36. The predicted octanol–water partition coefficient (Wildman–Crippen LogP) is 5.33. The van der Waals surface area contributed by atoms with Gasteiger partial charge in [-0.05, 0) is 37.5 Å². The number of benzene rings is 1. The van der Waals surface area contributed by atoms with Crippen LogP contribution in [0, 0.1) is 0 Å². The highest BCUT2D eigenvalue weighted by atomic mass is 28.4. The lowest BCUT2D eigenvalue weighted by Gasteiger charge is -2.37. The second kappa shape index (κ2) is 7.75. The van der Waals surface area contributed by atoms with Crippen molar-refractivity contribution in [3.8, 4) is 0 Å². The molecule has 0 amide bonds. The number of hydrogen-bond donors (Lipinski definition) is 0. The summed E-state index contributed by atoms with van der Waals surface area (Å²) in [5.41, 5.74) is 0.971. The molecule has 0 aromatic heterocycles. The molecule has 0 radical (unpaired) electrons. The van der Waals surface area contributed by atoms with Gasteiger partial charge < -0.3 is 13.9 Å². The van der Waals surface area contributed by atoms with Gasteiger partial charge in [0.25, 0.3) is 0 Å². The Balaban J connectivity index is 1.76. The van der Waals surface area contributed by atoms with E-state index in [4.69, 9.17) is 13.9 Å². The Morgan fingerprint density at radius 2 is 1.88 bits per heavy atom. The van der Waals surface area contributed by atoms with Gasteiger partial charge in [-0.3, -0.25) is 0 Å². The number of epoxide rings is 1. The van der Waals surface area contributed by atoms with Gasteiger partial charge in [0.05, 0.1) is 19.3 Å². The Kier molecular flexibility index (Phi) is 6.31. The highest BCUT2D eigenvalue weighted by molar-refractivity contribution is 6.74. The molecule has 140 valence electrons. The molecule has 1 fully saturated rings. The third-order valence-electron chi connectivity index (χ3n) is 5.34. The fourth-order valence-corrected chi connectivity index (χ4v) is 3.85. The molecule has 0 saturated carbocycles. The van der Waals surface area contributed by atoms with Gasteiger partial charge in [-0.1, -0.05) is 63.3 Å². The standard InChI is InChI=1S/C21H34O3Si/c1-17(24-25(6,7)20(2,3)4)13-14-21(5)19(23-21)16-22-15-18-11-9-8-10-12-18/h8-14,17,19H,15-16H2,1-7H3/b14-13+/t17-,19-,21+/m1/s1. The van der Waals surface area contributed by atoms with Gasteiger partial charge in [-0.15, -0.1) is 0 Å². The van der Waals surface area contributed by atoms with Gasteiger partial charge in [-0.25, -0.2) is 0 Å². The van der Waals surface area contributed by atoms with Gasteiger partial charge in [0.2, 0.25) is 0 Å². The van der Waals surface area contributed by atoms with Crippen LogP contribution >= 0.6 is 0 Å². The molecule has 1 aromatic rings. The minimum absolute atomic E-state index is 0.104. The van der Waals surface area contributed by atoms with Crippen LogP contribution in [-0.2, 0) is 20.5 Å². The number of rotatable bonds is 8. The van der Waals surface area contributed by atoms with E-state index in [1.54, 1.807) is 0 Å². The zero-order chi connectivity index (χ0) is 18.7. The Labute approximate surface area is 154 Å². The van der Waals surface area contributed by atoms with Crippen LogP contribution in [-0.4, -0.2) is 32.7 Å². The van der Waals surface area contributed by atoms with Crippen LogP contribution in [0.2, 0.25) is 18.1 Å². The van der Waals surface area contributed by atoms with Crippen LogP contribution in [0.3, 0.4) is 0 Å². The van der Waals surface area contributed by atoms with Crippen molar-refractivity contribution in [3.63, 3.8) is 0 Å². The topological polar surface area (TPSA) is 31.0 Å². The van der Waals surface area contributed by atoms with Crippen LogP contribution < -0.4 is 0 Å². The molecule has 2 rings (SSSR count). The lowest BCUT2D eigenvalue weighted by Crippen LogP contribution is -2.42. The number of hydrogen-bond acceptors (Lipinski definition) is 3. The van der Waals surface area contributed by atoms with Crippen molar-refractivity contribution < 1.29 is 13.9 Å². The van der Waals surface area contributed by atoms with E-state index in [1.807, 2.05) is 18.2 Å². The Morgan fingerprint density at radius 3 is 2.48 bits per heavy atom. The number of ether oxygens (including phenoxy) is 2. The van der Waals surface area contributed by atoms with E-state index in [0.29, 0.717) is 13.2 Å². The molecule has 0 aliphatic carbocycles. The molecule has 0 unspecified atom stereocenters. The maximum atomic E-state index is 6.36. The maximum Gasteiger partial charge on any atom is 0.192 e. The molecular weight excluding hydrogens is 328 g/mol. The Hall–Kier alpha value is -0.943. The van der Waals surface area contributed by atoms with Crippen molar-refractivity contribution in [2.45, 2.75) is 77.2 Å². The van der Waals surface area contributed by atoms with Crippen molar-refractivity contribution in [1.29, 1.82) is 0 Å². The van der Waals surface area contributed by atoms with Gasteiger partial charge in [0, 0.05) is 0 Å². The summed E-state index contributed by atoms with van der Waals surface area (Å²) in [4.78, 5) is 0. The second-order valence-corrected chi connectivity index (χ2v) is 13.5. The SMILES string of the molecule is C[C@H](/C=C/[C@]1(C)O[C@@H]1COCc1ccccc1)O[Si](C)(C)C(C)(C)C. The first-order valence-electron chi connectivity index (χ1n) is 9.20. The van der Waals surface area contributed by atoms with E-state index in [0.717, 1.165) is 0 Å². The van der Waals surface area contributed by atoms with Crippen LogP contribution in [0.4, 0.5) is 0 Å². The van der Waals surface area contributed by atoms with Crippen molar-refractivity contribution in [1.82, 2.24) is 0 Å². The summed E-state index contributed by atoms with van der Waals surface area (Å²) in [6.45, 7) is 16.8. The molecule has 1 heterocycles. The molecule has 0 bridgehead atoms. The van der Waals surface area contributed by atoms with Crippen molar-refractivity contribution in [2.75, 3.05) is 6.61 Å². The normalized spacial score (nSPS) is 25.3. The van der Waals surface area contributed by atoms with E-state index in [2.05, 4.69) is 72.0 Å². The van der Waals surface area contributed by atoms with E-state index in [-0.39, 0.29) is 22.8 Å². The summed E-state index contributed by atoms with van der Waals surface area (Å²) in [7, 11) is -1.74. The molecule has 25 heavy (non-hydrogen) atoms. The van der Waals surface area contributed by atoms with Crippen LogP contribution in [0.15, 0.2) is 42.5 Å². The van der Waals surface area contributed by atoms with E-state index in [1.165, 1.54) is 5.56 Å². The monoisotopic (exact) mass is 362 g/mol. The first-order valence-corrected chi connectivity index (χ1v) is 12.1. The third kappa shape index (κ3) is 5.78. The van der Waals surface area contributed by atoms with E-state index < -0.39 is 8.32 Å². The van der Waals surface area contributed by atoms with Gasteiger partial charge in [-0.2, -0.15) is 0 Å². The zero-order valence-corrected chi connectivity index (χ0v) is 17.8. The van der Waals surface area contributed by atoms with E-state index in [9.17, 15) is 0 Å². The van der Waals surface area contributed by atoms with Gasteiger partial charge in [0.15, 0.2) is 8.32 Å². The molecule has 3 atom stereocenters. The Bertz CT molecular complexity index is 577. The quantitative estimate of drug-likeness (QED) is 0.356. The summed E-state index contributed by atoms with van der Waals surface area (Å²) < 4.78 is 18.0. The van der Waals surface area contributed by atoms with Crippen molar-refractivity contribution >= 4 is 8.32 Å². The summed E-state index contributed by atoms with van der Waals surface area (Å²) in [5.74, 6) is 0. The molecule has 3 nitrogen and oxygen atoms in total. The summed E-state index contributed by atoms with van der Waals surface area (Å²) in [6, 6.07) is 10.2. The summed E-state index contributed by atoms with van der Waals surface area (Å²) >= 11 is 0. The molecule has 0 N–H and O–H groups in total. The molecule has 1 aliphatic heterocycles. The van der Waals surface area contributed by atoms with Crippen molar-refractivity contribution in [2.24, 2.45) is 0 Å². The zero-order valence-electron chi connectivity index (χ0n) is 16.8. The minimum Gasteiger partial charge on any atom is -0.411 e.